The number of hydrogen-bond donors (Lipinski definition) is 3. The maximum Gasteiger partial charge on any atom is 0.308 e. The van der Waals surface area contributed by atoms with Gasteiger partial charge in [0.05, 0.1) is 12.0 Å². The first kappa shape index (κ1) is 39.7. The van der Waals surface area contributed by atoms with Crippen molar-refractivity contribution in [3.63, 3.8) is 0 Å². The molecule has 5 heteroatoms. The fraction of sp³-hybridized carbons (Fsp3) is 0.327. The number of fused-ring (bicyclic) bond motifs is 1. The summed E-state index contributed by atoms with van der Waals surface area (Å²) in [5.41, 5.74) is 16.7. The molecule has 6 aromatic rings. The number of esters is 1. The van der Waals surface area contributed by atoms with E-state index in [0.717, 1.165) is 60.5 Å². The Morgan fingerprint density at radius 2 is 1.14 bits per heavy atom. The van der Waals surface area contributed by atoms with E-state index in [1.54, 1.807) is 0 Å². The number of carbonyl (C=O) groups excluding carboxylic acids is 1. The van der Waals surface area contributed by atoms with Gasteiger partial charge in [-0.1, -0.05) is 110 Å². The van der Waals surface area contributed by atoms with Crippen LogP contribution in [0.4, 0.5) is 28.4 Å². The number of rotatable bonds is 12. The van der Waals surface area contributed by atoms with Gasteiger partial charge in [0, 0.05) is 39.7 Å². The average molecular weight is 758 g/mol. The lowest BCUT2D eigenvalue weighted by Crippen LogP contribution is -2.40. The lowest BCUT2D eigenvalue weighted by Gasteiger charge is -2.33. The minimum absolute atomic E-state index is 0.0170. The third-order valence-electron chi connectivity index (χ3n) is 12.0. The first-order chi connectivity index (χ1) is 27.5. The number of benzene rings is 6. The van der Waals surface area contributed by atoms with Crippen LogP contribution in [0.1, 0.15) is 102 Å². The molecule has 0 amide bonds. The highest BCUT2D eigenvalue weighted by Crippen LogP contribution is 2.41. The Hall–Kier alpha value is -5.55. The Kier molecular flexibility index (Phi) is 12.0. The number of ether oxygens (including phenoxy) is 1. The quantitative estimate of drug-likeness (QED) is 0.0857. The van der Waals surface area contributed by atoms with Gasteiger partial charge < -0.3 is 20.7 Å². The summed E-state index contributed by atoms with van der Waals surface area (Å²) in [6, 6.07) is 40.2. The van der Waals surface area contributed by atoms with Crippen LogP contribution in [-0.2, 0) is 9.53 Å². The summed E-state index contributed by atoms with van der Waals surface area (Å²) in [5, 5.41) is 13.7. The summed E-state index contributed by atoms with van der Waals surface area (Å²) in [6.45, 7) is 17.0. The molecule has 7 rings (SSSR count). The largest absolute Gasteiger partial charge is 0.460 e. The molecule has 3 atom stereocenters. The van der Waals surface area contributed by atoms with Crippen molar-refractivity contribution in [2.75, 3.05) is 16.0 Å². The third kappa shape index (κ3) is 8.89. The highest BCUT2D eigenvalue weighted by atomic mass is 16.5. The SMILES string of the molecule is CCC(C)C(=O)OC1CCCCC1Nc1ccc(C(c2ccc(Nc3c(C)cc(C)cc3C)cc2)c2ccc(Nc3c(C)cc(C)cc3C)cc2)c2ccccc12. The summed E-state index contributed by atoms with van der Waals surface area (Å²) < 4.78 is 6.14. The highest BCUT2D eigenvalue weighted by Gasteiger charge is 2.30. The van der Waals surface area contributed by atoms with Crippen molar-refractivity contribution in [3.05, 3.63) is 159 Å². The zero-order valence-corrected chi connectivity index (χ0v) is 35.1. The molecule has 3 unspecified atom stereocenters. The van der Waals surface area contributed by atoms with Crippen LogP contribution in [0.3, 0.4) is 0 Å². The van der Waals surface area contributed by atoms with E-state index in [4.69, 9.17) is 4.74 Å². The topological polar surface area (TPSA) is 62.4 Å². The van der Waals surface area contributed by atoms with Crippen molar-refractivity contribution < 1.29 is 9.53 Å². The summed E-state index contributed by atoms with van der Waals surface area (Å²) in [5.74, 6) is -0.197. The molecular weight excluding hydrogens is 699 g/mol. The van der Waals surface area contributed by atoms with Gasteiger partial charge in [0.15, 0.2) is 0 Å². The van der Waals surface area contributed by atoms with E-state index in [2.05, 4.69) is 167 Å². The maximum absolute atomic E-state index is 12.9. The van der Waals surface area contributed by atoms with Crippen LogP contribution in [0.2, 0.25) is 0 Å². The third-order valence-corrected chi connectivity index (χ3v) is 12.0. The van der Waals surface area contributed by atoms with Gasteiger partial charge in [-0.2, -0.15) is 0 Å². The van der Waals surface area contributed by atoms with E-state index in [1.165, 1.54) is 60.8 Å². The van der Waals surface area contributed by atoms with Crippen molar-refractivity contribution in [1.82, 2.24) is 0 Å². The highest BCUT2D eigenvalue weighted by molar-refractivity contribution is 5.97. The van der Waals surface area contributed by atoms with Crippen LogP contribution in [0.5, 0.6) is 0 Å². The van der Waals surface area contributed by atoms with Crippen LogP contribution in [-0.4, -0.2) is 18.1 Å². The van der Waals surface area contributed by atoms with E-state index in [-0.39, 0.29) is 30.0 Å². The molecule has 0 radical (unpaired) electrons. The number of nitrogens with one attached hydrogen (secondary N) is 3. The fourth-order valence-electron chi connectivity index (χ4n) is 8.85. The second kappa shape index (κ2) is 17.3. The summed E-state index contributed by atoms with van der Waals surface area (Å²) >= 11 is 0. The second-order valence-electron chi connectivity index (χ2n) is 16.5. The Labute approximate surface area is 340 Å². The van der Waals surface area contributed by atoms with E-state index >= 15 is 0 Å². The fourth-order valence-corrected chi connectivity index (χ4v) is 8.85. The molecule has 0 bridgehead atoms. The van der Waals surface area contributed by atoms with Crippen LogP contribution >= 0.6 is 0 Å². The number of carbonyl (C=O) groups is 1. The van der Waals surface area contributed by atoms with Gasteiger partial charge in [-0.3, -0.25) is 4.79 Å². The molecule has 0 heterocycles. The van der Waals surface area contributed by atoms with Crippen molar-refractivity contribution in [1.29, 1.82) is 0 Å². The van der Waals surface area contributed by atoms with Crippen LogP contribution in [0.15, 0.2) is 109 Å². The Morgan fingerprint density at radius 1 is 0.649 bits per heavy atom. The molecular formula is C52H59N3O2. The number of aryl methyl sites for hydroxylation is 6. The van der Waals surface area contributed by atoms with Crippen LogP contribution in [0.25, 0.3) is 10.8 Å². The minimum Gasteiger partial charge on any atom is -0.460 e. The monoisotopic (exact) mass is 757 g/mol. The smallest absolute Gasteiger partial charge is 0.308 e. The molecule has 6 aromatic carbocycles. The zero-order valence-electron chi connectivity index (χ0n) is 35.1. The van der Waals surface area contributed by atoms with Crippen molar-refractivity contribution in [2.24, 2.45) is 5.92 Å². The lowest BCUT2D eigenvalue weighted by molar-refractivity contribution is -0.155. The molecule has 0 saturated heterocycles. The molecule has 0 spiro atoms. The minimum atomic E-state index is -0.134. The standard InChI is InChI=1S/C52H59N3O2/c1-9-34(4)52(56)57-48-17-13-12-16-47(48)55-46-27-26-45(43-14-10-11-15-44(43)46)49(39-18-22-41(23-19-39)53-50-35(5)28-32(2)29-36(50)6)40-20-24-42(25-21-40)54-51-37(7)30-33(3)31-38(51)8/h10-11,14-15,18-31,34,47-49,53-55H,9,12-13,16-17H2,1-8H3. The molecule has 0 aliphatic heterocycles. The van der Waals surface area contributed by atoms with Gasteiger partial charge in [0.2, 0.25) is 0 Å². The van der Waals surface area contributed by atoms with E-state index in [0.29, 0.717) is 0 Å². The Morgan fingerprint density at radius 3 is 1.65 bits per heavy atom. The molecule has 0 aromatic heterocycles. The van der Waals surface area contributed by atoms with Crippen molar-refractivity contribution >= 4 is 45.2 Å². The number of hydrogen-bond acceptors (Lipinski definition) is 5. The summed E-state index contributed by atoms with van der Waals surface area (Å²) in [7, 11) is 0. The predicted octanol–water partition coefficient (Wildman–Crippen LogP) is 13.7. The molecule has 1 aliphatic carbocycles. The molecule has 5 nitrogen and oxygen atoms in total. The molecule has 1 aliphatic rings. The molecule has 57 heavy (non-hydrogen) atoms. The van der Waals surface area contributed by atoms with Gasteiger partial charge in [0.25, 0.3) is 0 Å². The lowest BCUT2D eigenvalue weighted by atomic mass is 9.82. The van der Waals surface area contributed by atoms with Gasteiger partial charge in [-0.15, -0.1) is 0 Å². The number of anilines is 5. The normalized spacial score (nSPS) is 16.0. The molecule has 294 valence electrons. The van der Waals surface area contributed by atoms with Gasteiger partial charge in [0.1, 0.15) is 6.10 Å². The van der Waals surface area contributed by atoms with E-state index in [9.17, 15) is 4.79 Å². The van der Waals surface area contributed by atoms with Gasteiger partial charge >= 0.3 is 5.97 Å². The molecule has 3 N–H and O–H groups in total. The first-order valence-corrected chi connectivity index (χ1v) is 20.9. The van der Waals surface area contributed by atoms with Gasteiger partial charge in [-0.25, -0.2) is 0 Å². The maximum atomic E-state index is 12.9. The summed E-state index contributed by atoms with van der Waals surface area (Å²) in [6.07, 6.45) is 4.71. The first-order valence-electron chi connectivity index (χ1n) is 20.9. The van der Waals surface area contributed by atoms with Gasteiger partial charge in [-0.05, 0) is 142 Å². The Bertz CT molecular complexity index is 2210. The average Bonchev–Trinajstić information content (AvgIpc) is 3.20. The summed E-state index contributed by atoms with van der Waals surface area (Å²) in [4.78, 5) is 12.9. The van der Waals surface area contributed by atoms with Crippen molar-refractivity contribution in [3.8, 4) is 0 Å². The molecule has 1 fully saturated rings. The predicted molar refractivity (Wildman–Crippen MR) is 241 cm³/mol. The van der Waals surface area contributed by atoms with Crippen LogP contribution in [0, 0.1) is 47.5 Å². The van der Waals surface area contributed by atoms with E-state index in [1.807, 2.05) is 13.8 Å². The second-order valence-corrected chi connectivity index (χ2v) is 16.5. The van der Waals surface area contributed by atoms with Crippen LogP contribution < -0.4 is 16.0 Å². The van der Waals surface area contributed by atoms with E-state index < -0.39 is 0 Å². The molecule has 1 saturated carbocycles. The zero-order chi connectivity index (χ0) is 40.2. The van der Waals surface area contributed by atoms with Crippen molar-refractivity contribution in [2.45, 2.75) is 106 Å². The Balaban J connectivity index is 1.25.